The van der Waals surface area contributed by atoms with Gasteiger partial charge in [0, 0.05) is 18.2 Å². The third-order valence-corrected chi connectivity index (χ3v) is 2.95. The number of oxime groups is 1. The SMILES string of the molecule is C#CC1=C(CO/N=C(\C)N)C(n2nnn(C)c2=O)=CCC1. The number of hydrogen-bond acceptors (Lipinski definition) is 5. The summed E-state index contributed by atoms with van der Waals surface area (Å²) in [6.07, 6.45) is 8.84. The van der Waals surface area contributed by atoms with Crippen molar-refractivity contribution < 1.29 is 4.84 Å². The van der Waals surface area contributed by atoms with Crippen LogP contribution in [-0.4, -0.2) is 32.2 Å². The molecular formula is C13H16N6O2. The van der Waals surface area contributed by atoms with Gasteiger partial charge < -0.3 is 10.6 Å². The van der Waals surface area contributed by atoms with Crippen LogP contribution in [0.5, 0.6) is 0 Å². The van der Waals surface area contributed by atoms with Crippen LogP contribution in [0.4, 0.5) is 0 Å². The number of allylic oxidation sites excluding steroid dienone is 2. The van der Waals surface area contributed by atoms with E-state index in [0.29, 0.717) is 23.5 Å². The fourth-order valence-corrected chi connectivity index (χ4v) is 1.98. The normalized spacial score (nSPS) is 15.7. The van der Waals surface area contributed by atoms with Gasteiger partial charge in [0.15, 0.2) is 0 Å². The molecule has 1 aromatic rings. The van der Waals surface area contributed by atoms with E-state index in [1.807, 2.05) is 6.08 Å². The molecule has 0 bridgehead atoms. The van der Waals surface area contributed by atoms with Crippen molar-refractivity contribution in [2.75, 3.05) is 6.61 Å². The molecule has 110 valence electrons. The first-order valence-corrected chi connectivity index (χ1v) is 6.35. The summed E-state index contributed by atoms with van der Waals surface area (Å²) in [5, 5.41) is 11.2. The minimum absolute atomic E-state index is 0.114. The van der Waals surface area contributed by atoms with Crippen molar-refractivity contribution in [2.45, 2.75) is 19.8 Å². The van der Waals surface area contributed by atoms with Crippen LogP contribution in [0.25, 0.3) is 5.70 Å². The van der Waals surface area contributed by atoms with Gasteiger partial charge in [-0.25, -0.2) is 4.79 Å². The molecule has 0 fully saturated rings. The minimum atomic E-state index is -0.351. The van der Waals surface area contributed by atoms with E-state index in [1.165, 1.54) is 11.7 Å². The van der Waals surface area contributed by atoms with Crippen molar-refractivity contribution in [2.24, 2.45) is 17.9 Å². The molecule has 1 heterocycles. The fraction of sp³-hybridized carbons (Fsp3) is 0.385. The van der Waals surface area contributed by atoms with E-state index in [-0.39, 0.29) is 12.3 Å². The second kappa shape index (κ2) is 6.09. The summed E-state index contributed by atoms with van der Waals surface area (Å²) in [7, 11) is 1.53. The largest absolute Gasteiger partial charge is 0.389 e. The Kier molecular flexibility index (Phi) is 4.23. The van der Waals surface area contributed by atoms with Crippen LogP contribution in [0, 0.1) is 12.3 Å². The smallest absolute Gasteiger partial charge is 0.368 e. The second-order valence-corrected chi connectivity index (χ2v) is 4.53. The van der Waals surface area contributed by atoms with Gasteiger partial charge in [0.05, 0.1) is 5.70 Å². The lowest BCUT2D eigenvalue weighted by Gasteiger charge is -2.17. The number of nitrogens with two attached hydrogens (primary N) is 1. The van der Waals surface area contributed by atoms with Crippen LogP contribution in [0.1, 0.15) is 19.8 Å². The molecule has 0 radical (unpaired) electrons. The van der Waals surface area contributed by atoms with Gasteiger partial charge in [-0.2, -0.15) is 9.36 Å². The Labute approximate surface area is 121 Å². The van der Waals surface area contributed by atoms with Gasteiger partial charge in [-0.05, 0) is 30.2 Å². The molecule has 1 aliphatic carbocycles. The quantitative estimate of drug-likeness (QED) is 0.359. The summed E-state index contributed by atoms with van der Waals surface area (Å²) >= 11 is 0. The molecule has 2 N–H and O–H groups in total. The highest BCUT2D eigenvalue weighted by Crippen LogP contribution is 2.27. The Balaban J connectivity index is 2.39. The van der Waals surface area contributed by atoms with Crippen molar-refractivity contribution in [3.05, 3.63) is 27.7 Å². The minimum Gasteiger partial charge on any atom is -0.389 e. The van der Waals surface area contributed by atoms with Crippen LogP contribution >= 0.6 is 0 Å². The molecule has 0 aliphatic heterocycles. The Morgan fingerprint density at radius 3 is 2.95 bits per heavy atom. The maximum Gasteiger partial charge on any atom is 0.368 e. The highest BCUT2D eigenvalue weighted by atomic mass is 16.6. The monoisotopic (exact) mass is 288 g/mol. The summed E-state index contributed by atoms with van der Waals surface area (Å²) in [4.78, 5) is 17.2. The molecule has 0 spiro atoms. The van der Waals surface area contributed by atoms with Gasteiger partial charge in [-0.1, -0.05) is 17.2 Å². The number of tetrazole rings is 1. The number of rotatable bonds is 4. The first kappa shape index (κ1) is 14.6. The Morgan fingerprint density at radius 1 is 1.62 bits per heavy atom. The number of amidine groups is 1. The van der Waals surface area contributed by atoms with E-state index < -0.39 is 0 Å². The highest BCUT2D eigenvalue weighted by Gasteiger charge is 2.20. The van der Waals surface area contributed by atoms with E-state index in [2.05, 4.69) is 21.5 Å². The number of hydrogen-bond donors (Lipinski definition) is 1. The Bertz CT molecular complexity index is 725. The zero-order valence-corrected chi connectivity index (χ0v) is 11.9. The van der Waals surface area contributed by atoms with E-state index in [1.54, 1.807) is 6.92 Å². The lowest BCUT2D eigenvalue weighted by atomic mass is 9.96. The van der Waals surface area contributed by atoms with Crippen LogP contribution in [0.3, 0.4) is 0 Å². The molecule has 1 aliphatic rings. The van der Waals surface area contributed by atoms with Crippen molar-refractivity contribution in [3.8, 4) is 12.3 Å². The second-order valence-electron chi connectivity index (χ2n) is 4.53. The van der Waals surface area contributed by atoms with Crippen molar-refractivity contribution >= 4 is 11.5 Å². The van der Waals surface area contributed by atoms with Gasteiger partial charge in [-0.3, -0.25) is 0 Å². The lowest BCUT2D eigenvalue weighted by Crippen LogP contribution is -2.25. The number of nitrogens with zero attached hydrogens (tertiary/aromatic N) is 5. The topological polar surface area (TPSA) is 100 Å². The third-order valence-electron chi connectivity index (χ3n) is 2.95. The van der Waals surface area contributed by atoms with Gasteiger partial charge in [0.1, 0.15) is 12.4 Å². The van der Waals surface area contributed by atoms with Crippen LogP contribution in [0.15, 0.2) is 27.2 Å². The van der Waals surface area contributed by atoms with Crippen LogP contribution in [-0.2, 0) is 11.9 Å². The van der Waals surface area contributed by atoms with Gasteiger partial charge in [0.25, 0.3) is 0 Å². The van der Waals surface area contributed by atoms with Crippen molar-refractivity contribution in [1.29, 1.82) is 0 Å². The van der Waals surface area contributed by atoms with Gasteiger partial charge in [-0.15, -0.1) is 6.42 Å². The molecule has 0 unspecified atom stereocenters. The zero-order valence-electron chi connectivity index (χ0n) is 11.9. The molecule has 2 rings (SSSR count). The van der Waals surface area contributed by atoms with E-state index in [9.17, 15) is 4.79 Å². The average Bonchev–Trinajstić information content (AvgIpc) is 2.79. The lowest BCUT2D eigenvalue weighted by molar-refractivity contribution is 0.168. The summed E-state index contributed by atoms with van der Waals surface area (Å²) in [5.41, 5.74) is 7.10. The van der Waals surface area contributed by atoms with E-state index in [0.717, 1.165) is 16.7 Å². The summed E-state index contributed by atoms with van der Waals surface area (Å²) in [6.45, 7) is 1.73. The number of terminal acetylenes is 1. The number of aromatic nitrogens is 4. The molecule has 0 saturated carbocycles. The molecule has 1 aromatic heterocycles. The summed E-state index contributed by atoms with van der Waals surface area (Å²) in [5.74, 6) is 2.93. The predicted molar refractivity (Wildman–Crippen MR) is 77.9 cm³/mol. The first-order valence-electron chi connectivity index (χ1n) is 6.35. The fourth-order valence-electron chi connectivity index (χ4n) is 1.98. The van der Waals surface area contributed by atoms with Crippen molar-refractivity contribution in [1.82, 2.24) is 19.8 Å². The molecule has 0 amide bonds. The van der Waals surface area contributed by atoms with Crippen molar-refractivity contribution in [3.63, 3.8) is 0 Å². The third kappa shape index (κ3) is 3.02. The molecule has 8 nitrogen and oxygen atoms in total. The number of aryl methyl sites for hydroxylation is 1. The standard InChI is InChI=1S/C13H16N6O2/c1-4-10-6-5-7-12(11(10)8-21-15-9(2)14)19-13(20)18(3)16-17-19/h1,7H,5-6,8H2,2-3H3,(H2,14,15). The molecular weight excluding hydrogens is 272 g/mol. The summed E-state index contributed by atoms with van der Waals surface area (Å²) in [6, 6.07) is 0. The van der Waals surface area contributed by atoms with E-state index in [4.69, 9.17) is 17.0 Å². The maximum atomic E-state index is 12.0. The Morgan fingerprint density at radius 2 is 2.38 bits per heavy atom. The first-order chi connectivity index (χ1) is 10.0. The van der Waals surface area contributed by atoms with Gasteiger partial charge in [0.2, 0.25) is 0 Å². The Hall–Kier alpha value is -2.82. The molecule has 21 heavy (non-hydrogen) atoms. The molecule has 0 aromatic carbocycles. The average molecular weight is 288 g/mol. The molecule has 8 heteroatoms. The van der Waals surface area contributed by atoms with E-state index >= 15 is 0 Å². The highest BCUT2D eigenvalue weighted by molar-refractivity contribution is 5.76. The van der Waals surface area contributed by atoms with Crippen LogP contribution in [0.2, 0.25) is 0 Å². The predicted octanol–water partition coefficient (Wildman–Crippen LogP) is -0.150. The summed E-state index contributed by atoms with van der Waals surface area (Å²) < 4.78 is 2.35. The van der Waals surface area contributed by atoms with Gasteiger partial charge >= 0.3 is 5.69 Å². The van der Waals surface area contributed by atoms with Crippen LogP contribution < -0.4 is 11.4 Å². The zero-order chi connectivity index (χ0) is 15.4. The molecule has 0 atom stereocenters. The maximum absolute atomic E-state index is 12.0. The molecule has 0 saturated heterocycles.